The second kappa shape index (κ2) is 3.86. The largest absolute Gasteiger partial charge is 0.224 e. The molecule has 1 rings (SSSR count). The van der Waals surface area contributed by atoms with Gasteiger partial charge in [-0.3, -0.25) is 0 Å². The Morgan fingerprint density at radius 1 is 1.07 bits per heavy atom. The molecule has 0 spiro atoms. The van der Waals surface area contributed by atoms with E-state index in [9.17, 15) is 8.42 Å². The summed E-state index contributed by atoms with van der Waals surface area (Å²) in [4.78, 5) is 0.447. The van der Waals surface area contributed by atoms with Crippen LogP contribution in [-0.4, -0.2) is 21.9 Å². The maximum absolute atomic E-state index is 11.9. The Bertz CT molecular complexity index is 390. The Morgan fingerprint density at radius 3 is 2.00 bits per heavy atom. The quantitative estimate of drug-likeness (QED) is 0.744. The van der Waals surface area contributed by atoms with E-state index < -0.39 is 17.9 Å². The number of hydrogen-bond acceptors (Lipinski definition) is 2. The third-order valence-corrected chi connectivity index (χ3v) is 7.70. The van der Waals surface area contributed by atoms with Gasteiger partial charge in [-0.25, -0.2) is 8.42 Å². The van der Waals surface area contributed by atoms with Gasteiger partial charge in [0, 0.05) is 5.38 Å². The Morgan fingerprint density at radius 2 is 1.57 bits per heavy atom. The van der Waals surface area contributed by atoms with E-state index in [-0.39, 0.29) is 0 Å². The van der Waals surface area contributed by atoms with Crippen LogP contribution < -0.4 is 0 Å². The van der Waals surface area contributed by atoms with E-state index in [0.29, 0.717) is 10.3 Å². The van der Waals surface area contributed by atoms with E-state index in [1.54, 1.807) is 24.3 Å². The van der Waals surface area contributed by atoms with Crippen LogP contribution in [0.4, 0.5) is 0 Å². The number of hydrogen-bond donors (Lipinski definition) is 0. The first-order chi connectivity index (χ1) is 6.31. The lowest BCUT2D eigenvalue weighted by atomic mass is 10.4. The molecule has 0 saturated carbocycles. The van der Waals surface area contributed by atoms with Crippen molar-refractivity contribution in [1.82, 2.24) is 0 Å². The van der Waals surface area contributed by atoms with Crippen molar-refractivity contribution in [3.8, 4) is 0 Å². The second-order valence-electron chi connectivity index (χ2n) is 4.63. The van der Waals surface area contributed by atoms with Gasteiger partial charge < -0.3 is 0 Å². The molecule has 0 amide bonds. The minimum absolute atomic E-state index is 0.323. The molecular weight excluding hydrogens is 212 g/mol. The van der Waals surface area contributed by atoms with E-state index in [2.05, 4.69) is 19.6 Å². The van der Waals surface area contributed by atoms with Crippen LogP contribution in [0.5, 0.6) is 0 Å². The van der Waals surface area contributed by atoms with Crippen molar-refractivity contribution in [2.24, 2.45) is 0 Å². The predicted octanol–water partition coefficient (Wildman–Crippen LogP) is 2.34. The molecule has 0 N–H and O–H groups in total. The molecule has 4 heteroatoms. The van der Waals surface area contributed by atoms with Gasteiger partial charge in [0.15, 0.2) is 9.84 Å². The fourth-order valence-electron chi connectivity index (χ4n) is 1.28. The molecule has 0 aliphatic heterocycles. The van der Waals surface area contributed by atoms with Crippen molar-refractivity contribution in [2.75, 3.05) is 5.38 Å². The van der Waals surface area contributed by atoms with Crippen LogP contribution in [0.1, 0.15) is 0 Å². The van der Waals surface area contributed by atoms with Crippen molar-refractivity contribution in [3.05, 3.63) is 30.3 Å². The monoisotopic (exact) mass is 228 g/mol. The molecule has 0 aliphatic carbocycles. The lowest BCUT2D eigenvalue weighted by Gasteiger charge is -2.15. The second-order valence-corrected chi connectivity index (χ2v) is 12.6. The van der Waals surface area contributed by atoms with Gasteiger partial charge in [0.25, 0.3) is 0 Å². The zero-order valence-electron chi connectivity index (χ0n) is 8.82. The number of benzene rings is 1. The van der Waals surface area contributed by atoms with Gasteiger partial charge in [-0.2, -0.15) is 0 Å². The van der Waals surface area contributed by atoms with Crippen molar-refractivity contribution >= 4 is 17.9 Å². The summed E-state index contributed by atoms with van der Waals surface area (Å²) in [5, 5.41) is 0.323. The average Bonchev–Trinajstić information content (AvgIpc) is 2.01. The molecule has 0 heterocycles. The summed E-state index contributed by atoms with van der Waals surface area (Å²) in [5.41, 5.74) is 0. The smallest absolute Gasteiger partial charge is 0.175 e. The molecule has 1 aromatic rings. The van der Waals surface area contributed by atoms with Gasteiger partial charge >= 0.3 is 0 Å². The van der Waals surface area contributed by atoms with E-state index in [4.69, 9.17) is 0 Å². The first kappa shape index (κ1) is 11.5. The van der Waals surface area contributed by atoms with Crippen molar-refractivity contribution in [3.63, 3.8) is 0 Å². The fraction of sp³-hybridized carbons (Fsp3) is 0.400. The molecule has 14 heavy (non-hydrogen) atoms. The summed E-state index contributed by atoms with van der Waals surface area (Å²) < 4.78 is 23.8. The Kier molecular flexibility index (Phi) is 3.16. The molecule has 0 unspecified atom stereocenters. The predicted molar refractivity (Wildman–Crippen MR) is 61.8 cm³/mol. The highest BCUT2D eigenvalue weighted by Crippen LogP contribution is 2.15. The number of rotatable bonds is 3. The van der Waals surface area contributed by atoms with Gasteiger partial charge in [-0.15, -0.1) is 0 Å². The van der Waals surface area contributed by atoms with E-state index in [1.165, 1.54) is 0 Å². The van der Waals surface area contributed by atoms with Crippen LogP contribution in [0.3, 0.4) is 0 Å². The SMILES string of the molecule is C[Si](C)(C)CS(=O)(=O)c1ccccc1. The molecule has 0 atom stereocenters. The van der Waals surface area contributed by atoms with Crippen molar-refractivity contribution in [1.29, 1.82) is 0 Å². The topological polar surface area (TPSA) is 34.1 Å². The van der Waals surface area contributed by atoms with Crippen LogP contribution in [0.15, 0.2) is 35.2 Å². The summed E-state index contributed by atoms with van der Waals surface area (Å²) in [6.45, 7) is 6.19. The van der Waals surface area contributed by atoms with Crippen LogP contribution in [0.2, 0.25) is 19.6 Å². The van der Waals surface area contributed by atoms with Crippen molar-refractivity contribution < 1.29 is 8.42 Å². The van der Waals surface area contributed by atoms with Crippen LogP contribution >= 0.6 is 0 Å². The van der Waals surface area contributed by atoms with Gasteiger partial charge in [0.1, 0.15) is 0 Å². The fourth-order valence-corrected chi connectivity index (χ4v) is 7.08. The van der Waals surface area contributed by atoms with Gasteiger partial charge in [0.05, 0.1) is 13.0 Å². The van der Waals surface area contributed by atoms with Gasteiger partial charge in [0.2, 0.25) is 0 Å². The van der Waals surface area contributed by atoms with Gasteiger partial charge in [-0.05, 0) is 12.1 Å². The summed E-state index contributed by atoms with van der Waals surface area (Å²) in [7, 11) is -4.62. The lowest BCUT2D eigenvalue weighted by molar-refractivity contribution is 0.600. The third kappa shape index (κ3) is 3.27. The van der Waals surface area contributed by atoms with Crippen LogP contribution in [-0.2, 0) is 9.84 Å². The molecule has 78 valence electrons. The highest BCUT2D eigenvalue weighted by molar-refractivity contribution is 7.93. The standard InChI is InChI=1S/C10H16O2SSi/c1-14(2,3)9-13(11,12)10-7-5-4-6-8-10/h4-8H,9H2,1-3H3. The molecule has 0 aromatic heterocycles. The molecule has 0 aliphatic rings. The first-order valence-corrected chi connectivity index (χ1v) is 9.95. The molecule has 0 saturated heterocycles. The summed E-state index contributed by atoms with van der Waals surface area (Å²) >= 11 is 0. The summed E-state index contributed by atoms with van der Waals surface area (Å²) in [6, 6.07) is 8.67. The molecular formula is C10H16O2SSi. The van der Waals surface area contributed by atoms with Crippen LogP contribution in [0.25, 0.3) is 0 Å². The summed E-state index contributed by atoms with van der Waals surface area (Å²) in [5.74, 6) is 0. The Hall–Kier alpha value is -0.613. The van der Waals surface area contributed by atoms with E-state index in [0.717, 1.165) is 0 Å². The maximum Gasteiger partial charge on any atom is 0.175 e. The Labute approximate surface area is 86.9 Å². The maximum atomic E-state index is 11.9. The van der Waals surface area contributed by atoms with E-state index >= 15 is 0 Å². The van der Waals surface area contributed by atoms with Crippen molar-refractivity contribution in [2.45, 2.75) is 24.5 Å². The Balaban J connectivity index is 2.99. The highest BCUT2D eigenvalue weighted by atomic mass is 32.2. The minimum Gasteiger partial charge on any atom is -0.224 e. The number of sulfone groups is 1. The molecule has 1 aromatic carbocycles. The molecule has 0 radical (unpaired) electrons. The normalized spacial score (nSPS) is 12.8. The zero-order valence-corrected chi connectivity index (χ0v) is 10.6. The molecule has 0 bridgehead atoms. The lowest BCUT2D eigenvalue weighted by Crippen LogP contribution is -2.32. The van der Waals surface area contributed by atoms with Crippen LogP contribution in [0, 0.1) is 0 Å². The molecule has 0 fully saturated rings. The summed E-state index contributed by atoms with van der Waals surface area (Å²) in [6.07, 6.45) is 0. The first-order valence-electron chi connectivity index (χ1n) is 4.59. The highest BCUT2D eigenvalue weighted by Gasteiger charge is 2.24. The minimum atomic E-state index is -3.06. The average molecular weight is 228 g/mol. The third-order valence-electron chi connectivity index (χ3n) is 1.73. The van der Waals surface area contributed by atoms with E-state index in [1.807, 2.05) is 6.07 Å². The zero-order chi connectivity index (χ0) is 10.8. The van der Waals surface area contributed by atoms with Gasteiger partial charge in [-0.1, -0.05) is 37.8 Å². The molecule has 2 nitrogen and oxygen atoms in total.